The van der Waals surface area contributed by atoms with Gasteiger partial charge in [-0.05, 0) is 26.3 Å². The number of rotatable bonds is 2. The van der Waals surface area contributed by atoms with Crippen molar-refractivity contribution in [1.82, 2.24) is 4.90 Å². The second kappa shape index (κ2) is 3.35. The fraction of sp³-hybridized carbons (Fsp3) is 1.00. The lowest BCUT2D eigenvalue weighted by Gasteiger charge is -2.36. The lowest BCUT2D eigenvalue weighted by Crippen LogP contribution is -2.46. The van der Waals surface area contributed by atoms with Gasteiger partial charge in [0, 0.05) is 6.54 Å². The summed E-state index contributed by atoms with van der Waals surface area (Å²) in [6, 6.07) is 0. The molecule has 1 aliphatic heterocycles. The lowest BCUT2D eigenvalue weighted by atomic mass is 10.0. The molecule has 1 heterocycles. The minimum Gasteiger partial charge on any atom is -0.356 e. The van der Waals surface area contributed by atoms with Gasteiger partial charge in [0.15, 0.2) is 0 Å². The highest BCUT2D eigenvalue weighted by atomic mass is 16.5. The quantitative estimate of drug-likeness (QED) is 0.631. The summed E-state index contributed by atoms with van der Waals surface area (Å²) in [7, 11) is 0. The molecule has 72 valence electrons. The van der Waals surface area contributed by atoms with E-state index in [1.807, 2.05) is 0 Å². The molecule has 0 bridgehead atoms. The highest BCUT2D eigenvalue weighted by molar-refractivity contribution is 4.87. The molecule has 0 radical (unpaired) electrons. The van der Waals surface area contributed by atoms with Gasteiger partial charge in [-0.25, -0.2) is 0 Å². The molecule has 2 unspecified atom stereocenters. The average molecular weight is 171 g/mol. The number of likely N-dealkylation sites (N-methyl/N-ethyl adjacent to an activating group) is 1. The molecule has 2 heteroatoms. The number of ether oxygens (including phenoxy) is 1. The van der Waals surface area contributed by atoms with Crippen molar-refractivity contribution >= 4 is 0 Å². The monoisotopic (exact) mass is 171 g/mol. The molecule has 0 aliphatic carbocycles. The fourth-order valence-corrected chi connectivity index (χ4v) is 1.96. The van der Waals surface area contributed by atoms with E-state index in [0.717, 1.165) is 13.1 Å². The first kappa shape index (κ1) is 10.0. The first-order valence-electron chi connectivity index (χ1n) is 4.93. The van der Waals surface area contributed by atoms with E-state index < -0.39 is 0 Å². The maximum atomic E-state index is 5.94. The Kier molecular flexibility index (Phi) is 2.79. The van der Waals surface area contributed by atoms with Crippen LogP contribution in [-0.4, -0.2) is 29.8 Å². The van der Waals surface area contributed by atoms with E-state index in [1.54, 1.807) is 0 Å². The Hall–Kier alpha value is -0.0800. The second-order valence-corrected chi connectivity index (χ2v) is 4.18. The van der Waals surface area contributed by atoms with Crippen molar-refractivity contribution in [3.63, 3.8) is 0 Å². The molecule has 0 aromatic heterocycles. The van der Waals surface area contributed by atoms with Crippen LogP contribution in [0.2, 0.25) is 0 Å². The molecule has 2 nitrogen and oxygen atoms in total. The summed E-state index contributed by atoms with van der Waals surface area (Å²) in [5, 5.41) is 0. The summed E-state index contributed by atoms with van der Waals surface area (Å²) in [4.78, 5) is 2.42. The van der Waals surface area contributed by atoms with Crippen LogP contribution in [0.4, 0.5) is 0 Å². The van der Waals surface area contributed by atoms with Gasteiger partial charge in [-0.3, -0.25) is 4.90 Å². The first-order valence-corrected chi connectivity index (χ1v) is 4.93. The third-order valence-electron chi connectivity index (χ3n) is 3.00. The molecule has 0 N–H and O–H groups in total. The first-order chi connectivity index (χ1) is 5.50. The van der Waals surface area contributed by atoms with Crippen LogP contribution >= 0.6 is 0 Å². The van der Waals surface area contributed by atoms with Crippen LogP contribution in [0.1, 0.15) is 34.6 Å². The molecular weight excluding hydrogens is 150 g/mol. The van der Waals surface area contributed by atoms with Crippen molar-refractivity contribution in [3.05, 3.63) is 0 Å². The predicted octanol–water partition coefficient (Wildman–Crippen LogP) is 2.10. The minimum absolute atomic E-state index is 0.0336. The van der Waals surface area contributed by atoms with Gasteiger partial charge in [0.05, 0.1) is 6.10 Å². The van der Waals surface area contributed by atoms with Gasteiger partial charge in [0.25, 0.3) is 0 Å². The third kappa shape index (κ3) is 1.50. The maximum Gasteiger partial charge on any atom is 0.121 e. The summed E-state index contributed by atoms with van der Waals surface area (Å²) in [5.41, 5.74) is -0.0336. The van der Waals surface area contributed by atoms with Crippen molar-refractivity contribution in [2.24, 2.45) is 5.92 Å². The van der Waals surface area contributed by atoms with Crippen LogP contribution in [0.25, 0.3) is 0 Å². The summed E-state index contributed by atoms with van der Waals surface area (Å²) >= 11 is 0. The number of hydrogen-bond acceptors (Lipinski definition) is 2. The van der Waals surface area contributed by atoms with E-state index in [4.69, 9.17) is 4.74 Å². The molecule has 0 spiro atoms. The Bertz CT molecular complexity index is 158. The second-order valence-electron chi connectivity index (χ2n) is 4.18. The Labute approximate surface area is 75.9 Å². The van der Waals surface area contributed by atoms with Gasteiger partial charge < -0.3 is 4.74 Å². The van der Waals surface area contributed by atoms with Crippen LogP contribution in [0, 0.1) is 5.92 Å². The van der Waals surface area contributed by atoms with E-state index in [-0.39, 0.29) is 5.72 Å². The molecule has 0 aromatic carbocycles. The summed E-state index contributed by atoms with van der Waals surface area (Å²) < 4.78 is 5.94. The topological polar surface area (TPSA) is 12.5 Å². The molecule has 0 aromatic rings. The number of hydrogen-bond donors (Lipinski definition) is 0. The minimum atomic E-state index is -0.0336. The van der Waals surface area contributed by atoms with Crippen LogP contribution < -0.4 is 0 Å². The van der Waals surface area contributed by atoms with Gasteiger partial charge >= 0.3 is 0 Å². The molecule has 0 amide bonds. The Balaban J connectivity index is 2.74. The molecule has 1 saturated heterocycles. The lowest BCUT2D eigenvalue weighted by molar-refractivity contribution is -0.117. The Morgan fingerprint density at radius 3 is 2.50 bits per heavy atom. The van der Waals surface area contributed by atoms with Crippen molar-refractivity contribution in [2.45, 2.75) is 46.4 Å². The van der Waals surface area contributed by atoms with Crippen LogP contribution in [0.3, 0.4) is 0 Å². The molecule has 1 fully saturated rings. The molecular formula is C10H21NO. The zero-order valence-corrected chi connectivity index (χ0v) is 8.92. The third-order valence-corrected chi connectivity index (χ3v) is 3.00. The summed E-state index contributed by atoms with van der Waals surface area (Å²) in [5.74, 6) is 0.558. The predicted molar refractivity (Wildman–Crippen MR) is 51.0 cm³/mol. The molecule has 12 heavy (non-hydrogen) atoms. The van der Waals surface area contributed by atoms with E-state index in [2.05, 4.69) is 39.5 Å². The largest absolute Gasteiger partial charge is 0.356 e. The van der Waals surface area contributed by atoms with Crippen molar-refractivity contribution < 1.29 is 4.74 Å². The van der Waals surface area contributed by atoms with E-state index in [0.29, 0.717) is 12.0 Å². The Morgan fingerprint density at radius 1 is 1.58 bits per heavy atom. The zero-order valence-electron chi connectivity index (χ0n) is 8.92. The smallest absolute Gasteiger partial charge is 0.121 e. The molecule has 1 aliphatic rings. The average Bonchev–Trinajstić information content (AvgIpc) is 2.27. The Morgan fingerprint density at radius 2 is 2.17 bits per heavy atom. The SMILES string of the molecule is CCN1CC(C)OC1(C)C(C)C. The van der Waals surface area contributed by atoms with Crippen LogP contribution in [-0.2, 0) is 4.74 Å². The molecule has 2 atom stereocenters. The van der Waals surface area contributed by atoms with Gasteiger partial charge in [0.2, 0.25) is 0 Å². The molecule has 0 saturated carbocycles. The highest BCUT2D eigenvalue weighted by Gasteiger charge is 2.42. The van der Waals surface area contributed by atoms with E-state index >= 15 is 0 Å². The van der Waals surface area contributed by atoms with Gasteiger partial charge in [0.1, 0.15) is 5.72 Å². The van der Waals surface area contributed by atoms with E-state index in [9.17, 15) is 0 Å². The maximum absolute atomic E-state index is 5.94. The normalized spacial score (nSPS) is 38.0. The standard InChI is InChI=1S/C10H21NO/c1-6-11-7-9(4)12-10(11,5)8(2)3/h8-9H,6-7H2,1-5H3. The van der Waals surface area contributed by atoms with Crippen molar-refractivity contribution in [3.8, 4) is 0 Å². The summed E-state index contributed by atoms with van der Waals surface area (Å²) in [6.45, 7) is 13.1. The van der Waals surface area contributed by atoms with Crippen molar-refractivity contribution in [1.29, 1.82) is 0 Å². The van der Waals surface area contributed by atoms with Crippen molar-refractivity contribution in [2.75, 3.05) is 13.1 Å². The van der Waals surface area contributed by atoms with E-state index in [1.165, 1.54) is 0 Å². The van der Waals surface area contributed by atoms with Crippen LogP contribution in [0.5, 0.6) is 0 Å². The summed E-state index contributed by atoms with van der Waals surface area (Å²) in [6.07, 6.45) is 0.386. The molecule has 1 rings (SSSR count). The number of nitrogens with zero attached hydrogens (tertiary/aromatic N) is 1. The van der Waals surface area contributed by atoms with Crippen LogP contribution in [0.15, 0.2) is 0 Å². The zero-order chi connectivity index (χ0) is 9.35. The van der Waals surface area contributed by atoms with Gasteiger partial charge in [-0.1, -0.05) is 20.8 Å². The highest BCUT2D eigenvalue weighted by Crippen LogP contribution is 2.32. The van der Waals surface area contributed by atoms with Gasteiger partial charge in [-0.15, -0.1) is 0 Å². The fourth-order valence-electron chi connectivity index (χ4n) is 1.96. The van der Waals surface area contributed by atoms with Gasteiger partial charge in [-0.2, -0.15) is 0 Å².